The maximum atomic E-state index is 13.1. The Kier molecular flexibility index (Phi) is 3.50. The van der Waals surface area contributed by atoms with Crippen LogP contribution < -0.4 is 5.73 Å². The summed E-state index contributed by atoms with van der Waals surface area (Å²) in [5.74, 6) is 1.60. The molecule has 1 aliphatic heterocycles. The number of rotatable bonds is 2. The van der Waals surface area contributed by atoms with E-state index in [1.165, 1.54) is 19.3 Å². The molecular weight excluding hydrogens is 286 g/mol. The number of nitriles is 1. The fourth-order valence-electron chi connectivity index (χ4n) is 6.93. The molecule has 23 heavy (non-hydrogen) atoms. The zero-order chi connectivity index (χ0) is 16.2. The number of piperidine rings is 1. The van der Waals surface area contributed by atoms with Crippen molar-refractivity contribution < 1.29 is 4.79 Å². The Morgan fingerprint density at radius 3 is 2.57 bits per heavy atom. The van der Waals surface area contributed by atoms with E-state index < -0.39 is 6.04 Å². The summed E-state index contributed by atoms with van der Waals surface area (Å²) in [6.45, 7) is 3.13. The number of hydrogen-bond acceptors (Lipinski definition) is 3. The average molecular weight is 315 g/mol. The molecule has 2 N–H and O–H groups in total. The summed E-state index contributed by atoms with van der Waals surface area (Å²) in [5.41, 5.74) is 7.03. The SMILES string of the molecule is CC12CC3CC(C1)CC([C@H](N)C(=O)N1CCCC[C@H]1C#N)(C3)C2. The minimum Gasteiger partial charge on any atom is -0.325 e. The van der Waals surface area contributed by atoms with E-state index in [1.54, 1.807) is 4.90 Å². The standard InChI is InChI=1S/C19H29N3O/c1-18-7-13-6-14(8-18)10-19(9-13,12-18)16(21)17(23)22-5-3-2-4-15(22)11-20/h13-16H,2-10,12,21H2,1H3/t13?,14?,15-,16+,18?,19?/m0/s1. The normalized spacial score (nSPS) is 46.5. The summed E-state index contributed by atoms with van der Waals surface area (Å²) in [7, 11) is 0. The van der Waals surface area contributed by atoms with Crippen LogP contribution in [-0.2, 0) is 4.79 Å². The molecule has 5 fully saturated rings. The first kappa shape index (κ1) is 15.4. The Balaban J connectivity index is 1.57. The predicted octanol–water partition coefficient (Wildman–Crippen LogP) is 2.82. The van der Waals surface area contributed by atoms with Crippen molar-refractivity contribution in [1.29, 1.82) is 5.26 Å². The van der Waals surface area contributed by atoms with Crippen molar-refractivity contribution in [2.45, 2.75) is 76.8 Å². The van der Waals surface area contributed by atoms with E-state index in [4.69, 9.17) is 5.73 Å². The molecule has 0 aromatic heterocycles. The molecule has 0 aromatic carbocycles. The molecular formula is C19H29N3O. The molecule has 5 aliphatic rings. The number of likely N-dealkylation sites (tertiary alicyclic amines) is 1. The van der Waals surface area contributed by atoms with Gasteiger partial charge in [0.1, 0.15) is 6.04 Å². The summed E-state index contributed by atoms with van der Waals surface area (Å²) in [6, 6.07) is 1.66. The van der Waals surface area contributed by atoms with Crippen LogP contribution in [0.5, 0.6) is 0 Å². The van der Waals surface area contributed by atoms with E-state index in [1.807, 2.05) is 0 Å². The van der Waals surface area contributed by atoms with Crippen LogP contribution in [0.2, 0.25) is 0 Å². The van der Waals surface area contributed by atoms with Crippen LogP contribution in [0.4, 0.5) is 0 Å². The van der Waals surface area contributed by atoms with Gasteiger partial charge < -0.3 is 10.6 Å². The van der Waals surface area contributed by atoms with Crippen molar-refractivity contribution >= 4 is 5.91 Å². The van der Waals surface area contributed by atoms with Crippen LogP contribution in [0.15, 0.2) is 0 Å². The Bertz CT molecular complexity index is 537. The number of nitrogens with zero attached hydrogens (tertiary/aromatic N) is 2. The monoisotopic (exact) mass is 315 g/mol. The zero-order valence-electron chi connectivity index (χ0n) is 14.3. The molecule has 5 rings (SSSR count). The van der Waals surface area contributed by atoms with E-state index in [-0.39, 0.29) is 17.4 Å². The largest absolute Gasteiger partial charge is 0.325 e. The minimum atomic E-state index is -0.401. The Morgan fingerprint density at radius 1 is 1.26 bits per heavy atom. The van der Waals surface area contributed by atoms with Crippen molar-refractivity contribution in [2.75, 3.05) is 6.54 Å². The highest BCUT2D eigenvalue weighted by Crippen LogP contribution is 2.66. The number of amides is 1. The first-order valence-electron chi connectivity index (χ1n) is 9.40. The first-order chi connectivity index (χ1) is 10.9. The fraction of sp³-hybridized carbons (Fsp3) is 0.895. The van der Waals surface area contributed by atoms with Crippen LogP contribution in [-0.4, -0.2) is 29.4 Å². The van der Waals surface area contributed by atoms with E-state index in [2.05, 4.69) is 13.0 Å². The molecule has 2 unspecified atom stereocenters. The van der Waals surface area contributed by atoms with Gasteiger partial charge in [-0.05, 0) is 80.5 Å². The predicted molar refractivity (Wildman–Crippen MR) is 88.2 cm³/mol. The summed E-state index contributed by atoms with van der Waals surface area (Å²) >= 11 is 0. The van der Waals surface area contributed by atoms with Gasteiger partial charge in [-0.2, -0.15) is 5.26 Å². The van der Waals surface area contributed by atoms with E-state index in [0.29, 0.717) is 12.0 Å². The van der Waals surface area contributed by atoms with Crippen molar-refractivity contribution in [3.8, 4) is 6.07 Å². The van der Waals surface area contributed by atoms with Crippen LogP contribution in [0.25, 0.3) is 0 Å². The van der Waals surface area contributed by atoms with Crippen LogP contribution >= 0.6 is 0 Å². The lowest BCUT2D eigenvalue weighted by Crippen LogP contribution is -2.63. The van der Waals surface area contributed by atoms with Gasteiger partial charge in [0.2, 0.25) is 5.91 Å². The molecule has 4 heteroatoms. The lowest BCUT2D eigenvalue weighted by molar-refractivity contribution is -0.152. The third kappa shape index (κ3) is 2.39. The maximum absolute atomic E-state index is 13.1. The molecule has 126 valence electrons. The number of hydrogen-bond donors (Lipinski definition) is 1. The third-order valence-corrected chi connectivity index (χ3v) is 7.26. The molecule has 4 atom stereocenters. The number of carbonyl (C=O) groups is 1. The number of carbonyl (C=O) groups excluding carboxylic acids is 1. The van der Waals surface area contributed by atoms with Gasteiger partial charge in [0.15, 0.2) is 0 Å². The van der Waals surface area contributed by atoms with Crippen molar-refractivity contribution in [1.82, 2.24) is 4.90 Å². The number of nitrogens with two attached hydrogens (primary N) is 1. The molecule has 4 nitrogen and oxygen atoms in total. The van der Waals surface area contributed by atoms with E-state index in [0.717, 1.165) is 50.4 Å². The van der Waals surface area contributed by atoms with Gasteiger partial charge in [-0.15, -0.1) is 0 Å². The highest BCUT2D eigenvalue weighted by Gasteiger charge is 2.59. The molecule has 1 heterocycles. The molecule has 1 saturated heterocycles. The van der Waals surface area contributed by atoms with Crippen molar-refractivity contribution in [3.63, 3.8) is 0 Å². The maximum Gasteiger partial charge on any atom is 0.241 e. The van der Waals surface area contributed by atoms with Gasteiger partial charge in [0.05, 0.1) is 12.1 Å². The smallest absolute Gasteiger partial charge is 0.241 e. The molecule has 1 amide bonds. The van der Waals surface area contributed by atoms with Gasteiger partial charge in [0.25, 0.3) is 0 Å². The summed E-state index contributed by atoms with van der Waals surface area (Å²) < 4.78 is 0. The Morgan fingerprint density at radius 2 is 1.96 bits per heavy atom. The fourth-order valence-corrected chi connectivity index (χ4v) is 6.93. The van der Waals surface area contributed by atoms with Crippen LogP contribution in [0.1, 0.15) is 64.7 Å². The minimum absolute atomic E-state index is 0.00731. The summed E-state index contributed by atoms with van der Waals surface area (Å²) in [6.07, 6.45) is 10.3. The van der Waals surface area contributed by atoms with E-state index in [9.17, 15) is 10.1 Å². The highest BCUT2D eigenvalue weighted by atomic mass is 16.2. The summed E-state index contributed by atoms with van der Waals surface area (Å²) in [4.78, 5) is 14.9. The van der Waals surface area contributed by atoms with Crippen molar-refractivity contribution in [2.24, 2.45) is 28.4 Å². The van der Waals surface area contributed by atoms with E-state index >= 15 is 0 Å². The van der Waals surface area contributed by atoms with Gasteiger partial charge >= 0.3 is 0 Å². The highest BCUT2D eigenvalue weighted by molar-refractivity contribution is 5.83. The van der Waals surface area contributed by atoms with Gasteiger partial charge in [-0.3, -0.25) is 4.79 Å². The molecule has 0 aromatic rings. The lowest BCUT2D eigenvalue weighted by Gasteiger charge is -2.63. The average Bonchev–Trinajstić information content (AvgIpc) is 2.51. The molecule has 4 saturated carbocycles. The Hall–Kier alpha value is -1.08. The van der Waals surface area contributed by atoms with Crippen LogP contribution in [0, 0.1) is 34.0 Å². The second-order valence-corrected chi connectivity index (χ2v) is 9.28. The van der Waals surface area contributed by atoms with Gasteiger partial charge in [-0.25, -0.2) is 0 Å². The van der Waals surface area contributed by atoms with Gasteiger partial charge in [-0.1, -0.05) is 6.92 Å². The zero-order valence-corrected chi connectivity index (χ0v) is 14.3. The topological polar surface area (TPSA) is 70.1 Å². The van der Waals surface area contributed by atoms with Crippen molar-refractivity contribution in [3.05, 3.63) is 0 Å². The molecule has 4 aliphatic carbocycles. The molecule has 0 spiro atoms. The summed E-state index contributed by atoms with van der Waals surface area (Å²) in [5, 5.41) is 9.38. The van der Waals surface area contributed by atoms with Gasteiger partial charge in [0, 0.05) is 6.54 Å². The van der Waals surface area contributed by atoms with Crippen LogP contribution in [0.3, 0.4) is 0 Å². The Labute approximate surface area is 139 Å². The quantitative estimate of drug-likeness (QED) is 0.852. The third-order valence-electron chi connectivity index (χ3n) is 7.26. The molecule has 4 bridgehead atoms. The first-order valence-corrected chi connectivity index (χ1v) is 9.40. The lowest BCUT2D eigenvalue weighted by atomic mass is 9.43. The second-order valence-electron chi connectivity index (χ2n) is 9.28. The molecule has 0 radical (unpaired) electrons. The second kappa shape index (κ2) is 5.21.